The number of aliphatic hydroxyl groups excluding tert-OH is 1. The number of carbonyl (C=O) groups excluding carboxylic acids is 2. The Morgan fingerprint density at radius 3 is 2.65 bits per heavy atom. The molecule has 0 aromatic carbocycles. The summed E-state index contributed by atoms with van der Waals surface area (Å²) in [7, 11) is 0. The van der Waals surface area contributed by atoms with E-state index in [0.29, 0.717) is 48.6 Å². The molecule has 0 aromatic heterocycles. The van der Waals surface area contributed by atoms with Crippen molar-refractivity contribution in [3.05, 3.63) is 12.2 Å². The van der Waals surface area contributed by atoms with Gasteiger partial charge in [-0.25, -0.2) is 0 Å². The molecule has 4 saturated carbocycles. The highest BCUT2D eigenvalue weighted by atomic mass is 16.3. The van der Waals surface area contributed by atoms with Crippen LogP contribution in [0.3, 0.4) is 0 Å². The standard InChI is InChI=1S/C20H28O3/c1-12-9-13-10-14(22)5-8-20(13,11-21)16-6-7-19(2)15(18(12)16)3-4-17(19)23/h13,15-16,18,21H,1,3-11H2,2H3. The summed E-state index contributed by atoms with van der Waals surface area (Å²) >= 11 is 0. The molecule has 0 amide bonds. The van der Waals surface area contributed by atoms with Crippen LogP contribution in [-0.2, 0) is 9.59 Å². The minimum atomic E-state index is -0.169. The van der Waals surface area contributed by atoms with Gasteiger partial charge < -0.3 is 5.11 Å². The third-order valence-electron chi connectivity index (χ3n) is 8.15. The molecule has 4 fully saturated rings. The molecule has 0 aromatic rings. The second kappa shape index (κ2) is 5.02. The highest BCUT2D eigenvalue weighted by Crippen LogP contribution is 2.66. The maximum atomic E-state index is 12.5. The van der Waals surface area contributed by atoms with Gasteiger partial charge in [0.05, 0.1) is 0 Å². The van der Waals surface area contributed by atoms with Gasteiger partial charge in [-0.15, -0.1) is 0 Å². The Labute approximate surface area is 138 Å². The number of hydrogen-bond acceptors (Lipinski definition) is 3. The van der Waals surface area contributed by atoms with E-state index < -0.39 is 0 Å². The molecule has 4 aliphatic carbocycles. The number of ketones is 2. The zero-order valence-electron chi connectivity index (χ0n) is 14.1. The molecule has 3 heteroatoms. The number of aliphatic hydroxyl groups is 1. The molecular formula is C20H28O3. The molecule has 0 aliphatic heterocycles. The summed E-state index contributed by atoms with van der Waals surface area (Å²) in [5.41, 5.74) is 0.981. The molecule has 0 spiro atoms. The molecule has 6 atom stereocenters. The second-order valence-corrected chi connectivity index (χ2v) is 8.85. The molecule has 0 saturated heterocycles. The van der Waals surface area contributed by atoms with E-state index in [0.717, 1.165) is 32.1 Å². The van der Waals surface area contributed by atoms with Crippen molar-refractivity contribution in [2.75, 3.05) is 6.61 Å². The van der Waals surface area contributed by atoms with Crippen LogP contribution in [0.2, 0.25) is 0 Å². The van der Waals surface area contributed by atoms with Gasteiger partial charge in [-0.05, 0) is 55.8 Å². The zero-order valence-corrected chi connectivity index (χ0v) is 14.1. The average Bonchev–Trinajstić information content (AvgIpc) is 2.83. The first kappa shape index (κ1) is 15.6. The van der Waals surface area contributed by atoms with Crippen molar-refractivity contribution in [1.29, 1.82) is 0 Å². The summed E-state index contributed by atoms with van der Waals surface area (Å²) in [6.07, 6.45) is 6.59. The Balaban J connectivity index is 1.74. The highest BCUT2D eigenvalue weighted by Gasteiger charge is 2.62. The summed E-state index contributed by atoms with van der Waals surface area (Å²) in [5.74, 6) is 2.25. The summed E-state index contributed by atoms with van der Waals surface area (Å²) in [5, 5.41) is 10.3. The van der Waals surface area contributed by atoms with Crippen LogP contribution in [0.15, 0.2) is 12.2 Å². The fraction of sp³-hybridized carbons (Fsp3) is 0.800. The molecule has 4 rings (SSSR count). The van der Waals surface area contributed by atoms with Crippen LogP contribution in [0, 0.1) is 34.5 Å². The molecular weight excluding hydrogens is 288 g/mol. The van der Waals surface area contributed by atoms with Crippen molar-refractivity contribution >= 4 is 11.6 Å². The number of Topliss-reactive ketones (excluding diaryl/α,β-unsaturated/α-hetero) is 2. The normalized spacial score (nSPS) is 49.6. The van der Waals surface area contributed by atoms with Gasteiger partial charge in [-0.1, -0.05) is 19.1 Å². The van der Waals surface area contributed by atoms with Crippen molar-refractivity contribution in [2.45, 2.75) is 58.3 Å². The molecule has 126 valence electrons. The first-order chi connectivity index (χ1) is 10.9. The van der Waals surface area contributed by atoms with E-state index in [1.165, 1.54) is 5.57 Å². The van der Waals surface area contributed by atoms with Gasteiger partial charge in [0.15, 0.2) is 0 Å². The van der Waals surface area contributed by atoms with Crippen LogP contribution < -0.4 is 0 Å². The smallest absolute Gasteiger partial charge is 0.139 e. The van der Waals surface area contributed by atoms with Crippen molar-refractivity contribution in [2.24, 2.45) is 34.5 Å². The number of rotatable bonds is 1. The van der Waals surface area contributed by atoms with E-state index in [1.807, 2.05) is 0 Å². The molecule has 1 N–H and O–H groups in total. The molecule has 0 heterocycles. The van der Waals surface area contributed by atoms with Gasteiger partial charge in [-0.3, -0.25) is 9.59 Å². The predicted molar refractivity (Wildman–Crippen MR) is 87.7 cm³/mol. The molecule has 0 bridgehead atoms. The Morgan fingerprint density at radius 2 is 1.91 bits per heavy atom. The summed E-state index contributed by atoms with van der Waals surface area (Å²) in [6, 6.07) is 0. The number of allylic oxidation sites excluding steroid dienone is 1. The molecule has 0 radical (unpaired) electrons. The van der Waals surface area contributed by atoms with E-state index in [4.69, 9.17) is 0 Å². The van der Waals surface area contributed by atoms with E-state index in [-0.39, 0.29) is 23.4 Å². The third kappa shape index (κ3) is 1.92. The van der Waals surface area contributed by atoms with Gasteiger partial charge in [0, 0.05) is 36.7 Å². The van der Waals surface area contributed by atoms with Gasteiger partial charge in [0.25, 0.3) is 0 Å². The predicted octanol–water partition coefficient (Wildman–Crippen LogP) is 3.31. The molecule has 4 aliphatic rings. The monoisotopic (exact) mass is 316 g/mol. The lowest BCUT2D eigenvalue weighted by Crippen LogP contribution is -2.57. The zero-order chi connectivity index (χ0) is 16.4. The van der Waals surface area contributed by atoms with Crippen LogP contribution in [0.4, 0.5) is 0 Å². The van der Waals surface area contributed by atoms with E-state index in [1.54, 1.807) is 0 Å². The lowest BCUT2D eigenvalue weighted by molar-refractivity contribution is -0.145. The Morgan fingerprint density at radius 1 is 1.13 bits per heavy atom. The molecule has 23 heavy (non-hydrogen) atoms. The fourth-order valence-corrected chi connectivity index (χ4v) is 6.83. The Hall–Kier alpha value is -0.960. The SMILES string of the molecule is C=C1CC2CC(=O)CCC2(CO)C2CCC3(C)C(=O)CCC3C12. The first-order valence-corrected chi connectivity index (χ1v) is 9.26. The van der Waals surface area contributed by atoms with E-state index in [2.05, 4.69) is 13.5 Å². The fourth-order valence-electron chi connectivity index (χ4n) is 6.83. The van der Waals surface area contributed by atoms with Crippen LogP contribution in [0.5, 0.6) is 0 Å². The quantitative estimate of drug-likeness (QED) is 0.755. The second-order valence-electron chi connectivity index (χ2n) is 8.85. The van der Waals surface area contributed by atoms with Crippen molar-refractivity contribution < 1.29 is 14.7 Å². The number of fused-ring (bicyclic) bond motifs is 5. The average molecular weight is 316 g/mol. The topological polar surface area (TPSA) is 54.4 Å². The van der Waals surface area contributed by atoms with Gasteiger partial charge >= 0.3 is 0 Å². The minimum Gasteiger partial charge on any atom is -0.396 e. The largest absolute Gasteiger partial charge is 0.396 e. The van der Waals surface area contributed by atoms with Crippen LogP contribution >= 0.6 is 0 Å². The van der Waals surface area contributed by atoms with Crippen LogP contribution in [-0.4, -0.2) is 23.3 Å². The van der Waals surface area contributed by atoms with Crippen molar-refractivity contribution in [3.8, 4) is 0 Å². The highest BCUT2D eigenvalue weighted by molar-refractivity contribution is 5.87. The van der Waals surface area contributed by atoms with Crippen molar-refractivity contribution in [1.82, 2.24) is 0 Å². The van der Waals surface area contributed by atoms with E-state index in [9.17, 15) is 14.7 Å². The molecule has 6 unspecified atom stereocenters. The third-order valence-corrected chi connectivity index (χ3v) is 8.15. The first-order valence-electron chi connectivity index (χ1n) is 9.26. The molecule has 3 nitrogen and oxygen atoms in total. The van der Waals surface area contributed by atoms with Crippen molar-refractivity contribution in [3.63, 3.8) is 0 Å². The summed E-state index contributed by atoms with van der Waals surface area (Å²) < 4.78 is 0. The summed E-state index contributed by atoms with van der Waals surface area (Å²) in [6.45, 7) is 6.75. The van der Waals surface area contributed by atoms with E-state index >= 15 is 0 Å². The minimum absolute atomic E-state index is 0.104. The Bertz CT molecular complexity index is 579. The van der Waals surface area contributed by atoms with Gasteiger partial charge in [-0.2, -0.15) is 0 Å². The maximum Gasteiger partial charge on any atom is 0.139 e. The van der Waals surface area contributed by atoms with Crippen LogP contribution in [0.25, 0.3) is 0 Å². The lowest BCUT2D eigenvalue weighted by atomic mass is 9.44. The lowest BCUT2D eigenvalue weighted by Gasteiger charge is -2.60. The van der Waals surface area contributed by atoms with Crippen LogP contribution in [0.1, 0.15) is 58.3 Å². The summed E-state index contributed by atoms with van der Waals surface area (Å²) in [4.78, 5) is 24.4. The number of carbonyl (C=O) groups is 2. The van der Waals surface area contributed by atoms with Gasteiger partial charge in [0.2, 0.25) is 0 Å². The Kier molecular flexibility index (Phi) is 3.39. The number of hydrogen-bond donors (Lipinski definition) is 1. The maximum absolute atomic E-state index is 12.5. The van der Waals surface area contributed by atoms with Gasteiger partial charge in [0.1, 0.15) is 11.6 Å².